The van der Waals surface area contributed by atoms with Gasteiger partial charge in [0.15, 0.2) is 0 Å². The van der Waals surface area contributed by atoms with Gasteiger partial charge in [0.1, 0.15) is 0 Å². The van der Waals surface area contributed by atoms with E-state index in [4.69, 9.17) is 0 Å². The van der Waals surface area contributed by atoms with E-state index in [1.54, 1.807) is 6.08 Å². The normalized spacial score (nSPS) is 12.9. The summed E-state index contributed by atoms with van der Waals surface area (Å²) in [7, 11) is 0. The molecule has 0 aromatic heterocycles. The standard InChI is InChI=1S/C66H127NO3/c1-3-5-7-9-11-13-15-17-19-21-23-25-27-29-30-31-32-33-34-35-36-38-40-42-44-46-48-50-52-54-56-58-60-62-66(70)67-64(63-68)65(69)61-59-57-55-53-51-49-47-45-43-41-39-37-28-26-24-22-20-18-16-14-12-10-8-6-4-2/h43,45,51,53,59,61,64-65,68-69H,3-42,44,46-50,52,54-58,60,62-63H2,1-2H3,(H,67,70)/b45-43+,53-51+,61-59+. The van der Waals surface area contributed by atoms with Crippen molar-refractivity contribution in [1.82, 2.24) is 5.32 Å². The van der Waals surface area contributed by atoms with Gasteiger partial charge in [0.05, 0.1) is 18.8 Å². The van der Waals surface area contributed by atoms with Gasteiger partial charge in [-0.3, -0.25) is 4.79 Å². The highest BCUT2D eigenvalue weighted by Gasteiger charge is 2.18. The van der Waals surface area contributed by atoms with E-state index in [1.807, 2.05) is 6.08 Å². The number of carbonyl (C=O) groups is 1. The zero-order chi connectivity index (χ0) is 50.6. The third-order valence-corrected chi connectivity index (χ3v) is 15.1. The number of rotatable bonds is 60. The molecule has 0 saturated carbocycles. The van der Waals surface area contributed by atoms with Gasteiger partial charge >= 0.3 is 0 Å². The van der Waals surface area contributed by atoms with Crippen LogP contribution in [0, 0.1) is 0 Å². The number of allylic oxidation sites excluding steroid dienone is 5. The molecule has 0 fully saturated rings. The summed E-state index contributed by atoms with van der Waals surface area (Å²) < 4.78 is 0. The minimum Gasteiger partial charge on any atom is -0.394 e. The molecule has 0 radical (unpaired) electrons. The quantitative estimate of drug-likeness (QED) is 0.0420. The van der Waals surface area contributed by atoms with Gasteiger partial charge < -0.3 is 15.5 Å². The number of carbonyl (C=O) groups excluding carboxylic acids is 1. The summed E-state index contributed by atoms with van der Waals surface area (Å²) in [5, 5.41) is 23.2. The van der Waals surface area contributed by atoms with E-state index in [9.17, 15) is 15.0 Å². The Morgan fingerprint density at radius 2 is 0.557 bits per heavy atom. The van der Waals surface area contributed by atoms with E-state index in [0.717, 1.165) is 38.5 Å². The maximum Gasteiger partial charge on any atom is 0.220 e. The summed E-state index contributed by atoms with van der Waals surface area (Å²) >= 11 is 0. The van der Waals surface area contributed by atoms with Gasteiger partial charge in [-0.2, -0.15) is 0 Å². The molecule has 0 aliphatic rings. The number of hydrogen-bond acceptors (Lipinski definition) is 3. The summed E-state index contributed by atoms with van der Waals surface area (Å²) in [5.74, 6) is -0.0703. The van der Waals surface area contributed by atoms with Gasteiger partial charge in [0, 0.05) is 6.42 Å². The van der Waals surface area contributed by atoms with Crippen LogP contribution in [0.5, 0.6) is 0 Å². The van der Waals surface area contributed by atoms with E-state index in [2.05, 4.69) is 43.5 Å². The molecule has 0 saturated heterocycles. The van der Waals surface area contributed by atoms with Crippen LogP contribution in [0.15, 0.2) is 36.5 Å². The molecule has 0 rings (SSSR count). The number of unbranched alkanes of at least 4 members (excludes halogenated alkanes) is 49. The summed E-state index contributed by atoms with van der Waals surface area (Å²) in [5.41, 5.74) is 0. The topological polar surface area (TPSA) is 69.6 Å². The number of nitrogens with one attached hydrogen (secondary N) is 1. The highest BCUT2D eigenvalue weighted by Crippen LogP contribution is 2.18. The summed E-state index contributed by atoms with van der Waals surface area (Å²) in [4.78, 5) is 12.5. The van der Waals surface area contributed by atoms with Crippen molar-refractivity contribution in [3.05, 3.63) is 36.5 Å². The molecule has 0 aliphatic heterocycles. The zero-order valence-corrected chi connectivity index (χ0v) is 47.8. The fourth-order valence-corrected chi connectivity index (χ4v) is 10.2. The Kier molecular flexibility index (Phi) is 60.7. The first-order valence-electron chi connectivity index (χ1n) is 32.2. The van der Waals surface area contributed by atoms with E-state index in [-0.39, 0.29) is 12.5 Å². The molecule has 3 N–H and O–H groups in total. The van der Waals surface area contributed by atoms with Crippen LogP contribution < -0.4 is 5.32 Å². The van der Waals surface area contributed by atoms with Gasteiger partial charge in [-0.05, 0) is 44.9 Å². The van der Waals surface area contributed by atoms with Crippen LogP contribution in [0.2, 0.25) is 0 Å². The van der Waals surface area contributed by atoms with Gasteiger partial charge in [-0.15, -0.1) is 0 Å². The molecular weight excluding hydrogens is 855 g/mol. The van der Waals surface area contributed by atoms with Crippen molar-refractivity contribution < 1.29 is 15.0 Å². The smallest absolute Gasteiger partial charge is 0.220 e. The summed E-state index contributed by atoms with van der Waals surface area (Å²) in [6.45, 7) is 4.34. The first kappa shape index (κ1) is 68.6. The molecule has 0 spiro atoms. The Bertz CT molecular complexity index is 1070. The second kappa shape index (κ2) is 61.9. The molecule has 4 nitrogen and oxygen atoms in total. The molecule has 0 heterocycles. The van der Waals surface area contributed by atoms with Crippen LogP contribution in [0.25, 0.3) is 0 Å². The zero-order valence-electron chi connectivity index (χ0n) is 47.8. The lowest BCUT2D eigenvalue weighted by atomic mass is 10.0. The first-order valence-corrected chi connectivity index (χ1v) is 32.2. The van der Waals surface area contributed by atoms with Crippen LogP contribution in [-0.2, 0) is 4.79 Å². The van der Waals surface area contributed by atoms with Gasteiger partial charge in [-0.1, -0.05) is 346 Å². The van der Waals surface area contributed by atoms with Crippen molar-refractivity contribution in [3.8, 4) is 0 Å². The lowest BCUT2D eigenvalue weighted by molar-refractivity contribution is -0.123. The lowest BCUT2D eigenvalue weighted by Gasteiger charge is -2.19. The second-order valence-electron chi connectivity index (χ2n) is 22.2. The van der Waals surface area contributed by atoms with E-state index < -0.39 is 12.1 Å². The maximum atomic E-state index is 12.5. The molecule has 4 heteroatoms. The van der Waals surface area contributed by atoms with Crippen LogP contribution in [0.4, 0.5) is 0 Å². The molecule has 0 aromatic rings. The third kappa shape index (κ3) is 57.5. The SMILES string of the molecule is CCCCCCCCCCCCCCCCC/C=C/CC/C=C/CC/C=C/C(O)C(CO)NC(=O)CCCCCCCCCCCCCCCCCCCCCCCCCCCCCCCCCCC. The van der Waals surface area contributed by atoms with Crippen LogP contribution in [0.1, 0.15) is 361 Å². The predicted octanol–water partition coefficient (Wildman–Crippen LogP) is 21.6. The Morgan fingerprint density at radius 3 is 0.829 bits per heavy atom. The molecule has 414 valence electrons. The molecule has 1 amide bonds. The second-order valence-corrected chi connectivity index (χ2v) is 22.2. The minimum atomic E-state index is -0.870. The van der Waals surface area contributed by atoms with Crippen LogP contribution >= 0.6 is 0 Å². The van der Waals surface area contributed by atoms with E-state index in [0.29, 0.717) is 6.42 Å². The maximum absolute atomic E-state index is 12.5. The summed E-state index contributed by atoms with van der Waals surface area (Å²) in [6, 6.07) is -0.645. The molecule has 70 heavy (non-hydrogen) atoms. The highest BCUT2D eigenvalue weighted by molar-refractivity contribution is 5.76. The molecule has 0 bridgehead atoms. The monoisotopic (exact) mass is 982 g/mol. The van der Waals surface area contributed by atoms with Crippen molar-refractivity contribution in [2.45, 2.75) is 373 Å². The van der Waals surface area contributed by atoms with E-state index in [1.165, 1.54) is 302 Å². The molecular formula is C66H127NO3. The number of amides is 1. The average molecular weight is 983 g/mol. The van der Waals surface area contributed by atoms with Crippen molar-refractivity contribution in [1.29, 1.82) is 0 Å². The minimum absolute atomic E-state index is 0.0703. The Labute approximate surface area is 440 Å². The molecule has 2 unspecified atom stereocenters. The number of aliphatic hydroxyl groups is 2. The summed E-state index contributed by atoms with van der Waals surface area (Å²) in [6.07, 6.45) is 85.0. The number of aliphatic hydroxyl groups excluding tert-OH is 2. The Hall–Kier alpha value is -1.39. The van der Waals surface area contributed by atoms with Crippen molar-refractivity contribution in [2.24, 2.45) is 0 Å². The van der Waals surface area contributed by atoms with Crippen LogP contribution in [0.3, 0.4) is 0 Å². The van der Waals surface area contributed by atoms with Crippen molar-refractivity contribution in [3.63, 3.8) is 0 Å². The average Bonchev–Trinajstić information content (AvgIpc) is 3.36. The predicted molar refractivity (Wildman–Crippen MR) is 313 cm³/mol. The van der Waals surface area contributed by atoms with Gasteiger partial charge in [0.2, 0.25) is 5.91 Å². The number of hydrogen-bond donors (Lipinski definition) is 3. The molecule has 0 aliphatic carbocycles. The van der Waals surface area contributed by atoms with Crippen molar-refractivity contribution in [2.75, 3.05) is 6.61 Å². The Balaban J connectivity index is 3.46. The molecule has 0 aromatic carbocycles. The van der Waals surface area contributed by atoms with E-state index >= 15 is 0 Å². The lowest BCUT2D eigenvalue weighted by Crippen LogP contribution is -2.45. The van der Waals surface area contributed by atoms with Gasteiger partial charge in [-0.25, -0.2) is 0 Å². The van der Waals surface area contributed by atoms with Crippen molar-refractivity contribution >= 4 is 5.91 Å². The van der Waals surface area contributed by atoms with Crippen LogP contribution in [-0.4, -0.2) is 34.9 Å². The molecule has 2 atom stereocenters. The fourth-order valence-electron chi connectivity index (χ4n) is 10.2. The Morgan fingerprint density at radius 1 is 0.329 bits per heavy atom. The third-order valence-electron chi connectivity index (χ3n) is 15.1. The highest BCUT2D eigenvalue weighted by atomic mass is 16.3. The van der Waals surface area contributed by atoms with Gasteiger partial charge in [0.25, 0.3) is 0 Å². The fraction of sp³-hybridized carbons (Fsp3) is 0.894. The largest absolute Gasteiger partial charge is 0.394 e. The first-order chi connectivity index (χ1) is 34.7.